The van der Waals surface area contributed by atoms with Gasteiger partial charge < -0.3 is 10.4 Å². The van der Waals surface area contributed by atoms with E-state index in [4.69, 9.17) is 5.11 Å². The number of aliphatic hydroxyl groups excluding tert-OH is 1. The summed E-state index contributed by atoms with van der Waals surface area (Å²) in [6, 6.07) is 0. The molecule has 0 aromatic rings. The first-order chi connectivity index (χ1) is 5.66. The fourth-order valence-electron chi connectivity index (χ4n) is 0.885. The van der Waals surface area contributed by atoms with Gasteiger partial charge in [0.1, 0.15) is 0 Å². The third-order valence-electron chi connectivity index (χ3n) is 1.60. The van der Waals surface area contributed by atoms with Gasteiger partial charge in [-0.05, 0) is 13.3 Å². The number of carbonyl (C=O) groups is 1. The van der Waals surface area contributed by atoms with Gasteiger partial charge in [0.25, 0.3) is 0 Å². The second kappa shape index (κ2) is 7.10. The second-order valence-electron chi connectivity index (χ2n) is 3.11. The van der Waals surface area contributed by atoms with Crippen LogP contribution in [0.3, 0.4) is 0 Å². The largest absolute Gasteiger partial charge is 0.392 e. The van der Waals surface area contributed by atoms with Gasteiger partial charge in [0, 0.05) is 13.0 Å². The zero-order valence-corrected chi connectivity index (χ0v) is 7.97. The summed E-state index contributed by atoms with van der Waals surface area (Å²) in [7, 11) is 0. The molecule has 2 N–H and O–H groups in total. The van der Waals surface area contributed by atoms with Crippen molar-refractivity contribution in [3.05, 3.63) is 0 Å². The third kappa shape index (κ3) is 7.54. The minimum absolute atomic E-state index is 0.0457. The number of rotatable bonds is 6. The smallest absolute Gasteiger partial charge is 0.220 e. The van der Waals surface area contributed by atoms with Crippen molar-refractivity contribution in [3.63, 3.8) is 0 Å². The van der Waals surface area contributed by atoms with Crippen molar-refractivity contribution in [2.75, 3.05) is 6.54 Å². The van der Waals surface area contributed by atoms with E-state index in [1.807, 2.05) is 0 Å². The lowest BCUT2D eigenvalue weighted by atomic mass is 10.2. The van der Waals surface area contributed by atoms with E-state index >= 15 is 0 Å². The van der Waals surface area contributed by atoms with Crippen LogP contribution in [-0.4, -0.2) is 23.7 Å². The van der Waals surface area contributed by atoms with Crippen LogP contribution in [0.25, 0.3) is 0 Å². The fraction of sp³-hybridized carbons (Fsp3) is 0.889. The molecule has 1 amide bonds. The van der Waals surface area contributed by atoms with E-state index in [2.05, 4.69) is 12.2 Å². The molecule has 0 heterocycles. The maximum atomic E-state index is 11.0. The SMILES string of the molecule is CCCCCC(=O)NC[C@H](C)O. The van der Waals surface area contributed by atoms with Crippen LogP contribution in [-0.2, 0) is 4.79 Å². The van der Waals surface area contributed by atoms with Gasteiger partial charge in [-0.1, -0.05) is 19.8 Å². The molecule has 1 atom stereocenters. The van der Waals surface area contributed by atoms with Crippen molar-refractivity contribution in [2.45, 2.75) is 45.6 Å². The number of carbonyl (C=O) groups excluding carboxylic acids is 1. The van der Waals surface area contributed by atoms with Crippen LogP contribution in [0.2, 0.25) is 0 Å². The minimum Gasteiger partial charge on any atom is -0.392 e. The lowest BCUT2D eigenvalue weighted by molar-refractivity contribution is -0.121. The Morgan fingerprint density at radius 2 is 2.17 bits per heavy atom. The lowest BCUT2D eigenvalue weighted by Crippen LogP contribution is -2.30. The first-order valence-electron chi connectivity index (χ1n) is 4.61. The Bertz CT molecular complexity index is 124. The Morgan fingerprint density at radius 1 is 1.50 bits per heavy atom. The molecule has 0 radical (unpaired) electrons. The standard InChI is InChI=1S/C9H19NO2/c1-3-4-5-6-9(12)10-7-8(2)11/h8,11H,3-7H2,1-2H3,(H,10,12)/t8-/m0/s1. The molecule has 3 nitrogen and oxygen atoms in total. The van der Waals surface area contributed by atoms with Gasteiger partial charge in [0.2, 0.25) is 5.91 Å². The van der Waals surface area contributed by atoms with Crippen molar-refractivity contribution in [3.8, 4) is 0 Å². The van der Waals surface area contributed by atoms with Crippen LogP contribution in [0, 0.1) is 0 Å². The van der Waals surface area contributed by atoms with E-state index in [0.29, 0.717) is 13.0 Å². The van der Waals surface area contributed by atoms with Gasteiger partial charge in [-0.2, -0.15) is 0 Å². The first-order valence-corrected chi connectivity index (χ1v) is 4.61. The maximum Gasteiger partial charge on any atom is 0.220 e. The van der Waals surface area contributed by atoms with Crippen molar-refractivity contribution in [1.29, 1.82) is 0 Å². The maximum absolute atomic E-state index is 11.0. The van der Waals surface area contributed by atoms with E-state index in [1.165, 1.54) is 0 Å². The van der Waals surface area contributed by atoms with E-state index in [-0.39, 0.29) is 5.91 Å². The van der Waals surface area contributed by atoms with Crippen LogP contribution in [0.1, 0.15) is 39.5 Å². The number of aliphatic hydroxyl groups is 1. The van der Waals surface area contributed by atoms with E-state index in [1.54, 1.807) is 6.92 Å². The van der Waals surface area contributed by atoms with Crippen molar-refractivity contribution in [2.24, 2.45) is 0 Å². The summed E-state index contributed by atoms with van der Waals surface area (Å²) in [5.74, 6) is 0.0457. The van der Waals surface area contributed by atoms with Crippen molar-refractivity contribution >= 4 is 5.91 Å². The topological polar surface area (TPSA) is 49.3 Å². The van der Waals surface area contributed by atoms with Crippen molar-refractivity contribution < 1.29 is 9.90 Å². The Morgan fingerprint density at radius 3 is 2.67 bits per heavy atom. The third-order valence-corrected chi connectivity index (χ3v) is 1.60. The van der Waals surface area contributed by atoms with Gasteiger partial charge >= 0.3 is 0 Å². The zero-order chi connectivity index (χ0) is 9.40. The summed E-state index contributed by atoms with van der Waals surface area (Å²) < 4.78 is 0. The normalized spacial score (nSPS) is 12.6. The molecule has 0 fully saturated rings. The molecule has 0 saturated heterocycles. The molecule has 0 saturated carbocycles. The zero-order valence-electron chi connectivity index (χ0n) is 7.97. The van der Waals surface area contributed by atoms with Gasteiger partial charge in [0.15, 0.2) is 0 Å². The molecule has 12 heavy (non-hydrogen) atoms. The van der Waals surface area contributed by atoms with Gasteiger partial charge in [-0.25, -0.2) is 0 Å². The predicted octanol–water partition coefficient (Wildman–Crippen LogP) is 1.06. The minimum atomic E-state index is -0.444. The highest BCUT2D eigenvalue weighted by Gasteiger charge is 2.01. The van der Waals surface area contributed by atoms with Crippen LogP contribution < -0.4 is 5.32 Å². The lowest BCUT2D eigenvalue weighted by Gasteiger charge is -2.06. The monoisotopic (exact) mass is 173 g/mol. The fourth-order valence-corrected chi connectivity index (χ4v) is 0.885. The number of hydrogen-bond donors (Lipinski definition) is 2. The average molecular weight is 173 g/mol. The summed E-state index contributed by atoms with van der Waals surface area (Å²) in [6.07, 6.45) is 3.31. The molecule has 3 heteroatoms. The second-order valence-corrected chi connectivity index (χ2v) is 3.11. The molecule has 0 unspecified atom stereocenters. The van der Waals surface area contributed by atoms with Gasteiger partial charge in [-0.15, -0.1) is 0 Å². The molecular formula is C9H19NO2. The highest BCUT2D eigenvalue weighted by molar-refractivity contribution is 5.75. The van der Waals surface area contributed by atoms with E-state index in [9.17, 15) is 4.79 Å². The number of nitrogens with one attached hydrogen (secondary N) is 1. The number of hydrogen-bond acceptors (Lipinski definition) is 2. The van der Waals surface area contributed by atoms with Crippen LogP contribution in [0.5, 0.6) is 0 Å². The van der Waals surface area contributed by atoms with Gasteiger partial charge in [-0.3, -0.25) is 4.79 Å². The molecule has 0 aromatic heterocycles. The Labute approximate surface area is 74.2 Å². The van der Waals surface area contributed by atoms with Crippen LogP contribution >= 0.6 is 0 Å². The van der Waals surface area contributed by atoms with Gasteiger partial charge in [0.05, 0.1) is 6.10 Å². The molecule has 0 spiro atoms. The van der Waals surface area contributed by atoms with E-state index in [0.717, 1.165) is 19.3 Å². The molecule has 0 bridgehead atoms. The number of amides is 1. The quantitative estimate of drug-likeness (QED) is 0.590. The highest BCUT2D eigenvalue weighted by Crippen LogP contribution is 1.97. The highest BCUT2D eigenvalue weighted by atomic mass is 16.3. The Hall–Kier alpha value is -0.570. The molecule has 0 aliphatic heterocycles. The van der Waals surface area contributed by atoms with Crippen LogP contribution in [0.4, 0.5) is 0 Å². The Kier molecular flexibility index (Phi) is 6.76. The molecule has 72 valence electrons. The summed E-state index contributed by atoms with van der Waals surface area (Å²) in [6.45, 7) is 4.13. The molecule has 0 aromatic carbocycles. The average Bonchev–Trinajstić information content (AvgIpc) is 2.01. The summed E-state index contributed by atoms with van der Waals surface area (Å²) in [5.41, 5.74) is 0. The van der Waals surface area contributed by atoms with Crippen LogP contribution in [0.15, 0.2) is 0 Å². The first kappa shape index (κ1) is 11.4. The molecular weight excluding hydrogens is 154 g/mol. The number of unbranched alkanes of at least 4 members (excludes halogenated alkanes) is 2. The predicted molar refractivity (Wildman–Crippen MR) is 48.8 cm³/mol. The summed E-state index contributed by atoms with van der Waals surface area (Å²) in [5, 5.41) is 11.5. The molecule has 0 aliphatic rings. The molecule has 0 aliphatic carbocycles. The summed E-state index contributed by atoms with van der Waals surface area (Å²) in [4.78, 5) is 11.0. The van der Waals surface area contributed by atoms with E-state index < -0.39 is 6.10 Å². The Balaban J connectivity index is 3.22. The summed E-state index contributed by atoms with van der Waals surface area (Å²) >= 11 is 0. The van der Waals surface area contributed by atoms with Crippen molar-refractivity contribution in [1.82, 2.24) is 5.32 Å². The molecule has 0 rings (SSSR count).